The van der Waals surface area contributed by atoms with Crippen molar-refractivity contribution >= 4 is 61.0 Å². The summed E-state index contributed by atoms with van der Waals surface area (Å²) < 4.78 is 7.26. The third-order valence-corrected chi connectivity index (χ3v) is 9.03. The first-order chi connectivity index (χ1) is 17.1. The number of non-ortho nitro benzene ring substituents is 1. The maximum atomic E-state index is 11.0. The number of hydrogen-bond acceptors (Lipinski definition) is 9. The molecule has 4 aromatic rings. The van der Waals surface area contributed by atoms with Crippen LogP contribution in [0.5, 0.6) is 0 Å². The van der Waals surface area contributed by atoms with Gasteiger partial charge in [0.15, 0.2) is 5.16 Å². The average Bonchev–Trinajstić information content (AvgIpc) is 3.20. The Hall–Kier alpha value is -2.27. The molecule has 1 aromatic carbocycles. The molecule has 0 N–H and O–H groups in total. The maximum absolute atomic E-state index is 11.0. The lowest BCUT2D eigenvalue weighted by molar-refractivity contribution is -0.384. The molecule has 36 heavy (non-hydrogen) atoms. The van der Waals surface area contributed by atoms with Crippen molar-refractivity contribution in [3.63, 3.8) is 0 Å². The van der Waals surface area contributed by atoms with E-state index in [1.54, 1.807) is 35.2 Å². The number of nitro benzene ring substituents is 1. The van der Waals surface area contributed by atoms with Crippen molar-refractivity contribution in [2.45, 2.75) is 68.7 Å². The minimum atomic E-state index is -0.375. The molecule has 7 nitrogen and oxygen atoms in total. The molecule has 10 heteroatoms. The predicted octanol–water partition coefficient (Wildman–Crippen LogP) is 7.21. The van der Waals surface area contributed by atoms with Gasteiger partial charge in [0, 0.05) is 41.0 Å². The molecular formula is C26H28N4O3S3. The van der Waals surface area contributed by atoms with Crippen LogP contribution in [-0.2, 0) is 29.9 Å². The fourth-order valence-electron chi connectivity index (χ4n) is 4.51. The lowest BCUT2D eigenvalue weighted by Crippen LogP contribution is -2.33. The fourth-order valence-corrected chi connectivity index (χ4v) is 7.15. The molecule has 1 aliphatic rings. The second kappa shape index (κ2) is 9.89. The Kier molecular flexibility index (Phi) is 6.97. The summed E-state index contributed by atoms with van der Waals surface area (Å²) in [5.74, 6) is 1.16. The third kappa shape index (κ3) is 4.96. The number of nitro groups is 1. The van der Waals surface area contributed by atoms with Crippen molar-refractivity contribution in [3.05, 3.63) is 56.8 Å². The molecule has 4 heterocycles. The van der Waals surface area contributed by atoms with Crippen molar-refractivity contribution < 1.29 is 9.66 Å². The lowest BCUT2D eigenvalue weighted by Gasteiger charge is -2.33. The third-order valence-electron chi connectivity index (χ3n) is 6.23. The zero-order valence-electron chi connectivity index (χ0n) is 21.0. The molecule has 0 bridgehead atoms. The van der Waals surface area contributed by atoms with E-state index in [4.69, 9.17) is 19.7 Å². The summed E-state index contributed by atoms with van der Waals surface area (Å²) in [4.78, 5) is 26.6. The van der Waals surface area contributed by atoms with Crippen LogP contribution in [0, 0.1) is 16.0 Å². The summed E-state index contributed by atoms with van der Waals surface area (Å²) in [5, 5.41) is 13.8. The van der Waals surface area contributed by atoms with E-state index in [2.05, 4.69) is 27.7 Å². The Morgan fingerprint density at radius 3 is 2.58 bits per heavy atom. The molecule has 1 aliphatic heterocycles. The molecule has 0 spiro atoms. The zero-order valence-corrected chi connectivity index (χ0v) is 23.4. The summed E-state index contributed by atoms with van der Waals surface area (Å²) in [6, 6.07) is 6.72. The predicted molar refractivity (Wildman–Crippen MR) is 148 cm³/mol. The Morgan fingerprint density at radius 1 is 1.17 bits per heavy atom. The topological polar surface area (TPSA) is 91.0 Å². The number of nitrogens with zero attached hydrogens (tertiary/aromatic N) is 4. The molecule has 0 saturated carbocycles. The zero-order chi connectivity index (χ0) is 25.6. The van der Waals surface area contributed by atoms with E-state index in [1.165, 1.54) is 22.9 Å². The number of ether oxygens (including phenoxy) is 1. The molecular weight excluding hydrogens is 513 g/mol. The Morgan fingerprint density at radius 2 is 1.92 bits per heavy atom. The minimum absolute atomic E-state index is 0.0994. The highest BCUT2D eigenvalue weighted by molar-refractivity contribution is 7.99. The van der Waals surface area contributed by atoms with Crippen LogP contribution in [0.4, 0.5) is 5.69 Å². The van der Waals surface area contributed by atoms with Crippen molar-refractivity contribution in [2.24, 2.45) is 5.92 Å². The number of fused-ring (bicyclic) bond motifs is 5. The first kappa shape index (κ1) is 25.4. The Bertz CT molecular complexity index is 1470. The van der Waals surface area contributed by atoms with Crippen molar-refractivity contribution in [3.8, 4) is 0 Å². The molecule has 188 valence electrons. The molecule has 0 unspecified atom stereocenters. The van der Waals surface area contributed by atoms with Gasteiger partial charge in [0.25, 0.3) is 5.69 Å². The summed E-state index contributed by atoms with van der Waals surface area (Å²) in [6.07, 6.45) is 3.73. The molecule has 0 aliphatic carbocycles. The number of hydrogen-bond donors (Lipinski definition) is 0. The second-order valence-electron chi connectivity index (χ2n) is 10.0. The summed E-state index contributed by atoms with van der Waals surface area (Å²) in [6.45, 7) is 9.31. The smallest absolute Gasteiger partial charge is 0.269 e. The molecule has 0 fully saturated rings. The minimum Gasteiger partial charge on any atom is -0.370 e. The molecule has 3 aromatic heterocycles. The molecule has 0 amide bonds. The van der Waals surface area contributed by atoms with E-state index < -0.39 is 0 Å². The van der Waals surface area contributed by atoms with Crippen molar-refractivity contribution in [1.82, 2.24) is 15.0 Å². The van der Waals surface area contributed by atoms with Gasteiger partial charge in [-0.15, -0.1) is 23.1 Å². The van der Waals surface area contributed by atoms with Crippen LogP contribution in [-0.4, -0.2) is 31.7 Å². The van der Waals surface area contributed by atoms with Gasteiger partial charge in [-0.05, 0) is 43.6 Å². The van der Waals surface area contributed by atoms with Gasteiger partial charge >= 0.3 is 0 Å². The highest BCUT2D eigenvalue weighted by atomic mass is 32.2. The Balaban J connectivity index is 1.63. The number of benzene rings is 1. The first-order valence-corrected chi connectivity index (χ1v) is 14.9. The van der Waals surface area contributed by atoms with E-state index in [0.717, 1.165) is 54.7 Å². The van der Waals surface area contributed by atoms with Gasteiger partial charge in [-0.25, -0.2) is 15.0 Å². The van der Waals surface area contributed by atoms with E-state index >= 15 is 0 Å². The molecule has 0 radical (unpaired) electrons. The van der Waals surface area contributed by atoms with Gasteiger partial charge in [-0.3, -0.25) is 10.1 Å². The Labute approximate surface area is 222 Å². The van der Waals surface area contributed by atoms with Crippen LogP contribution >= 0.6 is 34.9 Å². The van der Waals surface area contributed by atoms with E-state index in [1.807, 2.05) is 18.4 Å². The number of thiophene rings is 1. The van der Waals surface area contributed by atoms with Crippen molar-refractivity contribution in [1.29, 1.82) is 0 Å². The number of pyridine rings is 1. The molecule has 0 atom stereocenters. The van der Waals surface area contributed by atoms with Crippen LogP contribution in [0.2, 0.25) is 0 Å². The molecule has 5 rings (SSSR count). The number of rotatable bonds is 7. The van der Waals surface area contributed by atoms with Crippen LogP contribution in [0.3, 0.4) is 0 Å². The van der Waals surface area contributed by atoms with E-state index in [9.17, 15) is 10.1 Å². The van der Waals surface area contributed by atoms with Crippen LogP contribution < -0.4 is 0 Å². The normalized spacial score (nSPS) is 15.1. The monoisotopic (exact) mass is 540 g/mol. The number of aromatic nitrogens is 3. The summed E-state index contributed by atoms with van der Waals surface area (Å²) >= 11 is 4.84. The largest absolute Gasteiger partial charge is 0.370 e. The highest BCUT2D eigenvalue weighted by Gasteiger charge is 2.32. The van der Waals surface area contributed by atoms with Crippen LogP contribution in [0.1, 0.15) is 50.1 Å². The van der Waals surface area contributed by atoms with Crippen molar-refractivity contribution in [2.75, 3.05) is 6.26 Å². The van der Waals surface area contributed by atoms with Gasteiger partial charge in [0.05, 0.1) is 27.3 Å². The van der Waals surface area contributed by atoms with E-state index in [0.29, 0.717) is 18.3 Å². The highest BCUT2D eigenvalue weighted by Crippen LogP contribution is 2.44. The summed E-state index contributed by atoms with van der Waals surface area (Å²) in [5.41, 5.74) is 5.51. The standard InChI is InChI=1S/C26H28N4O3S3/c1-14(2)10-19-18-12-33-26(3,4)11-17(18)20-21-22(36-23(20)27-19)24(29-25(28-21)34-5)35-13-15-6-8-16(9-7-15)30(31)32/h6-9,14H,10-13H2,1-5H3. The second-order valence-corrected chi connectivity index (χ2v) is 12.8. The SMILES string of the molecule is CSc1nc(SCc2ccc([N+](=O)[O-])cc2)c2sc3nc(CC(C)C)c4c(c3c2n1)CC(C)(C)OC4. The van der Waals surface area contributed by atoms with Gasteiger partial charge in [-0.1, -0.05) is 37.7 Å². The lowest BCUT2D eigenvalue weighted by atomic mass is 9.88. The molecule has 0 saturated heterocycles. The van der Waals surface area contributed by atoms with Gasteiger partial charge in [0.1, 0.15) is 9.86 Å². The van der Waals surface area contributed by atoms with Gasteiger partial charge in [-0.2, -0.15) is 0 Å². The van der Waals surface area contributed by atoms with Gasteiger partial charge < -0.3 is 4.74 Å². The first-order valence-electron chi connectivity index (χ1n) is 11.8. The van der Waals surface area contributed by atoms with Crippen LogP contribution in [0.15, 0.2) is 34.4 Å². The summed E-state index contributed by atoms with van der Waals surface area (Å²) in [7, 11) is 0. The van der Waals surface area contributed by atoms with E-state index in [-0.39, 0.29) is 16.2 Å². The van der Waals surface area contributed by atoms with Gasteiger partial charge in [0.2, 0.25) is 0 Å². The quantitative estimate of drug-likeness (QED) is 0.0798. The number of thioether (sulfide) groups is 2. The maximum Gasteiger partial charge on any atom is 0.269 e. The van der Waals surface area contributed by atoms with Crippen LogP contribution in [0.25, 0.3) is 20.4 Å². The fraction of sp³-hybridized carbons (Fsp3) is 0.423. The average molecular weight is 541 g/mol.